The van der Waals surface area contributed by atoms with Crippen LogP contribution in [0.4, 0.5) is 0 Å². The summed E-state index contributed by atoms with van der Waals surface area (Å²) in [6, 6.07) is 10.3. The van der Waals surface area contributed by atoms with Crippen LogP contribution in [0.1, 0.15) is 56.1 Å². The Morgan fingerprint density at radius 1 is 1.06 bits per heavy atom. The molecule has 0 saturated heterocycles. The van der Waals surface area contributed by atoms with Crippen LogP contribution in [0, 0.1) is 5.92 Å². The van der Waals surface area contributed by atoms with Crippen LogP contribution in [0.25, 0.3) is 0 Å². The molecule has 1 N–H and O–H groups in total. The van der Waals surface area contributed by atoms with E-state index in [1.54, 1.807) is 5.56 Å². The fourth-order valence-corrected chi connectivity index (χ4v) is 3.08. The fourth-order valence-electron chi connectivity index (χ4n) is 3.08. The Hall–Kier alpha value is -0.820. The maximum absolute atomic E-state index is 3.69. The molecule has 0 amide bonds. The van der Waals surface area contributed by atoms with Crippen LogP contribution in [0.3, 0.4) is 0 Å². The van der Waals surface area contributed by atoms with Crippen LogP contribution in [-0.4, -0.2) is 12.6 Å². The molecule has 0 aromatic heterocycles. The van der Waals surface area contributed by atoms with Crippen LogP contribution in [-0.2, 0) is 6.42 Å². The molecule has 0 bridgehead atoms. The number of rotatable bonds is 6. The number of hydrogen-bond donors (Lipinski definition) is 1. The highest BCUT2D eigenvalue weighted by molar-refractivity contribution is 5.27. The van der Waals surface area contributed by atoms with E-state index in [2.05, 4.69) is 36.5 Å². The molecule has 0 aliphatic heterocycles. The molecule has 0 spiro atoms. The first kappa shape index (κ1) is 12.2. The number of benzene rings is 1. The van der Waals surface area contributed by atoms with E-state index in [4.69, 9.17) is 0 Å². The molecule has 0 heterocycles. The summed E-state index contributed by atoms with van der Waals surface area (Å²) in [5.74, 6) is 1.72. The summed E-state index contributed by atoms with van der Waals surface area (Å²) in [4.78, 5) is 0. The minimum absolute atomic E-state index is 0.826. The number of nitrogens with one attached hydrogen (secondary N) is 1. The van der Waals surface area contributed by atoms with Gasteiger partial charge in [0.2, 0.25) is 0 Å². The summed E-state index contributed by atoms with van der Waals surface area (Å²) in [6.45, 7) is 3.49. The zero-order chi connectivity index (χ0) is 12.4. The SMILES string of the molecule is CCCc1ccc(C2CCC2CNC2CC2)cc1. The van der Waals surface area contributed by atoms with E-state index >= 15 is 0 Å². The second kappa shape index (κ2) is 5.44. The topological polar surface area (TPSA) is 12.0 Å². The lowest BCUT2D eigenvalue weighted by Gasteiger charge is -2.37. The predicted octanol–water partition coefficient (Wildman–Crippen LogP) is 3.88. The first-order chi connectivity index (χ1) is 8.86. The first-order valence-electron chi connectivity index (χ1n) is 7.69. The van der Waals surface area contributed by atoms with E-state index < -0.39 is 0 Å². The predicted molar refractivity (Wildman–Crippen MR) is 76.9 cm³/mol. The van der Waals surface area contributed by atoms with Gasteiger partial charge in [0.05, 0.1) is 0 Å². The smallest absolute Gasteiger partial charge is 0.00683 e. The molecule has 3 rings (SSSR count). The van der Waals surface area contributed by atoms with Gasteiger partial charge in [-0.1, -0.05) is 37.6 Å². The molecule has 1 nitrogen and oxygen atoms in total. The Bertz CT molecular complexity index is 377. The standard InChI is InChI=1S/C17H25N/c1-2-3-13-4-6-14(7-5-13)17-11-8-15(17)12-18-16-9-10-16/h4-7,15-18H,2-3,8-12H2,1H3. The van der Waals surface area contributed by atoms with E-state index in [1.807, 2.05) is 0 Å². The van der Waals surface area contributed by atoms with Gasteiger partial charge in [-0.15, -0.1) is 0 Å². The van der Waals surface area contributed by atoms with Gasteiger partial charge in [-0.25, -0.2) is 0 Å². The molecule has 1 aromatic rings. The molecule has 2 aliphatic rings. The summed E-state index contributed by atoms with van der Waals surface area (Å²) in [5.41, 5.74) is 3.07. The average Bonchev–Trinajstić information content (AvgIpc) is 3.15. The number of hydrogen-bond acceptors (Lipinski definition) is 1. The first-order valence-corrected chi connectivity index (χ1v) is 7.69. The molecular weight excluding hydrogens is 218 g/mol. The second-order valence-electron chi connectivity index (χ2n) is 6.12. The van der Waals surface area contributed by atoms with Crippen LogP contribution in [0.5, 0.6) is 0 Å². The van der Waals surface area contributed by atoms with Gasteiger partial charge in [0.15, 0.2) is 0 Å². The monoisotopic (exact) mass is 243 g/mol. The van der Waals surface area contributed by atoms with Crippen LogP contribution in [0.15, 0.2) is 24.3 Å². The Labute approximate surface area is 111 Å². The Kier molecular flexibility index (Phi) is 3.69. The third-order valence-electron chi connectivity index (χ3n) is 4.61. The minimum atomic E-state index is 0.826. The van der Waals surface area contributed by atoms with Gasteiger partial charge in [0, 0.05) is 6.04 Å². The van der Waals surface area contributed by atoms with Crippen molar-refractivity contribution in [1.82, 2.24) is 5.32 Å². The Morgan fingerprint density at radius 3 is 2.39 bits per heavy atom. The molecule has 0 radical (unpaired) electrons. The normalized spacial score (nSPS) is 26.9. The van der Waals surface area contributed by atoms with E-state index in [9.17, 15) is 0 Å². The van der Waals surface area contributed by atoms with Gasteiger partial charge in [-0.05, 0) is 61.6 Å². The van der Waals surface area contributed by atoms with Gasteiger partial charge in [-0.2, -0.15) is 0 Å². The molecule has 2 aliphatic carbocycles. The molecule has 2 saturated carbocycles. The molecule has 2 unspecified atom stereocenters. The van der Waals surface area contributed by atoms with Crippen molar-refractivity contribution in [3.05, 3.63) is 35.4 Å². The summed E-state index contributed by atoms with van der Waals surface area (Å²) < 4.78 is 0. The highest BCUT2D eigenvalue weighted by Crippen LogP contribution is 2.42. The van der Waals surface area contributed by atoms with Gasteiger partial charge >= 0.3 is 0 Å². The van der Waals surface area contributed by atoms with Crippen LogP contribution >= 0.6 is 0 Å². The largest absolute Gasteiger partial charge is 0.314 e. The van der Waals surface area contributed by atoms with Crippen molar-refractivity contribution in [3.8, 4) is 0 Å². The molecular formula is C17H25N. The van der Waals surface area contributed by atoms with Crippen molar-refractivity contribution < 1.29 is 0 Å². The summed E-state index contributed by atoms with van der Waals surface area (Å²) in [6.07, 6.45) is 8.09. The maximum Gasteiger partial charge on any atom is 0.00683 e. The Balaban J connectivity index is 1.55. The van der Waals surface area contributed by atoms with Crippen molar-refractivity contribution in [2.45, 2.75) is 57.4 Å². The minimum Gasteiger partial charge on any atom is -0.314 e. The maximum atomic E-state index is 3.69. The molecule has 1 heteroatoms. The molecule has 98 valence electrons. The van der Waals surface area contributed by atoms with Crippen LogP contribution in [0.2, 0.25) is 0 Å². The number of aryl methyl sites for hydroxylation is 1. The zero-order valence-corrected chi connectivity index (χ0v) is 11.5. The lowest BCUT2D eigenvalue weighted by molar-refractivity contribution is 0.245. The molecule has 2 atom stereocenters. The van der Waals surface area contributed by atoms with E-state index in [0.717, 1.165) is 17.9 Å². The highest BCUT2D eigenvalue weighted by atomic mass is 14.9. The quantitative estimate of drug-likeness (QED) is 0.799. The second-order valence-corrected chi connectivity index (χ2v) is 6.12. The fraction of sp³-hybridized carbons (Fsp3) is 0.647. The summed E-state index contributed by atoms with van der Waals surface area (Å²) in [5, 5.41) is 3.69. The summed E-state index contributed by atoms with van der Waals surface area (Å²) >= 11 is 0. The van der Waals surface area contributed by atoms with E-state index in [-0.39, 0.29) is 0 Å². The van der Waals surface area contributed by atoms with Gasteiger partial charge in [-0.3, -0.25) is 0 Å². The molecule has 18 heavy (non-hydrogen) atoms. The molecule has 2 fully saturated rings. The van der Waals surface area contributed by atoms with Crippen molar-refractivity contribution in [2.75, 3.05) is 6.54 Å². The average molecular weight is 243 g/mol. The lowest BCUT2D eigenvalue weighted by atomic mass is 9.70. The zero-order valence-electron chi connectivity index (χ0n) is 11.5. The van der Waals surface area contributed by atoms with Gasteiger partial charge in [0.1, 0.15) is 0 Å². The van der Waals surface area contributed by atoms with Gasteiger partial charge in [0.25, 0.3) is 0 Å². The van der Waals surface area contributed by atoms with Crippen LogP contribution < -0.4 is 5.32 Å². The highest BCUT2D eigenvalue weighted by Gasteiger charge is 2.33. The summed E-state index contributed by atoms with van der Waals surface area (Å²) in [7, 11) is 0. The lowest BCUT2D eigenvalue weighted by Crippen LogP contribution is -2.34. The van der Waals surface area contributed by atoms with E-state index in [1.165, 1.54) is 50.6 Å². The van der Waals surface area contributed by atoms with E-state index in [0.29, 0.717) is 0 Å². The van der Waals surface area contributed by atoms with Crippen molar-refractivity contribution >= 4 is 0 Å². The third kappa shape index (κ3) is 2.77. The Morgan fingerprint density at radius 2 is 1.83 bits per heavy atom. The van der Waals surface area contributed by atoms with Crippen molar-refractivity contribution in [1.29, 1.82) is 0 Å². The third-order valence-corrected chi connectivity index (χ3v) is 4.61. The molecule has 1 aromatic carbocycles. The van der Waals surface area contributed by atoms with Gasteiger partial charge < -0.3 is 5.32 Å². The van der Waals surface area contributed by atoms with Crippen molar-refractivity contribution in [2.24, 2.45) is 5.92 Å². The van der Waals surface area contributed by atoms with Crippen molar-refractivity contribution in [3.63, 3.8) is 0 Å².